The molecule has 2 nitrogen and oxygen atoms in total. The molecule has 1 N–H and O–H groups in total. The van der Waals surface area contributed by atoms with E-state index in [0.29, 0.717) is 17.2 Å². The fourth-order valence-corrected chi connectivity index (χ4v) is 2.51. The van der Waals surface area contributed by atoms with Gasteiger partial charge in [0.25, 0.3) is 0 Å². The van der Waals surface area contributed by atoms with Crippen molar-refractivity contribution < 1.29 is 4.79 Å². The maximum Gasteiger partial charge on any atom is 0.134 e. The molecular formula is C9H16ClNO. The molecule has 2 rings (SSSR count). The Morgan fingerprint density at radius 1 is 1.50 bits per heavy atom. The highest BCUT2D eigenvalue weighted by Gasteiger charge is 2.45. The minimum Gasteiger partial charge on any atom is -0.314 e. The second kappa shape index (κ2) is 3.35. The molecule has 0 aromatic carbocycles. The van der Waals surface area contributed by atoms with Crippen molar-refractivity contribution >= 4 is 18.2 Å². The van der Waals surface area contributed by atoms with E-state index in [9.17, 15) is 4.79 Å². The molecule has 70 valence electrons. The molecule has 0 aromatic heterocycles. The van der Waals surface area contributed by atoms with Crippen LogP contribution in [-0.4, -0.2) is 18.4 Å². The Balaban J connectivity index is 0.000000720. The van der Waals surface area contributed by atoms with Gasteiger partial charge in [-0.3, -0.25) is 4.79 Å². The molecule has 3 heteroatoms. The van der Waals surface area contributed by atoms with Gasteiger partial charge >= 0.3 is 0 Å². The van der Waals surface area contributed by atoms with Gasteiger partial charge in [-0.15, -0.1) is 12.4 Å². The standard InChI is InChI=1S/C9H15NO.ClH/c1-7-4-9(2-3-10-7)5-8(11)6-9;/h7,10H,2-6H2,1H3;1H. The van der Waals surface area contributed by atoms with Gasteiger partial charge in [0.2, 0.25) is 0 Å². The first-order valence-electron chi connectivity index (χ1n) is 4.45. The number of carbonyl (C=O) groups is 1. The van der Waals surface area contributed by atoms with Gasteiger partial charge in [-0.1, -0.05) is 0 Å². The summed E-state index contributed by atoms with van der Waals surface area (Å²) < 4.78 is 0. The van der Waals surface area contributed by atoms with Gasteiger partial charge in [-0.2, -0.15) is 0 Å². The molecular weight excluding hydrogens is 174 g/mol. The van der Waals surface area contributed by atoms with Crippen LogP contribution in [0.4, 0.5) is 0 Å². The summed E-state index contributed by atoms with van der Waals surface area (Å²) in [6, 6.07) is 0.622. The number of piperidine rings is 1. The molecule has 2 aliphatic rings. The summed E-state index contributed by atoms with van der Waals surface area (Å²) in [4.78, 5) is 10.9. The van der Waals surface area contributed by atoms with E-state index in [0.717, 1.165) is 19.4 Å². The molecule has 1 unspecified atom stereocenters. The third-order valence-corrected chi connectivity index (χ3v) is 3.03. The van der Waals surface area contributed by atoms with E-state index in [1.54, 1.807) is 0 Å². The van der Waals surface area contributed by atoms with Crippen molar-refractivity contribution in [1.29, 1.82) is 0 Å². The van der Waals surface area contributed by atoms with Gasteiger partial charge in [0.05, 0.1) is 0 Å². The lowest BCUT2D eigenvalue weighted by atomic mass is 9.61. The maximum atomic E-state index is 10.9. The number of hydrogen-bond acceptors (Lipinski definition) is 2. The Morgan fingerprint density at radius 2 is 2.17 bits per heavy atom. The highest BCUT2D eigenvalue weighted by molar-refractivity contribution is 5.86. The van der Waals surface area contributed by atoms with Gasteiger partial charge in [-0.05, 0) is 31.7 Å². The average molecular weight is 190 g/mol. The first-order chi connectivity index (χ1) is 5.20. The van der Waals surface area contributed by atoms with Gasteiger partial charge < -0.3 is 5.32 Å². The highest BCUT2D eigenvalue weighted by atomic mass is 35.5. The zero-order valence-electron chi connectivity index (χ0n) is 7.43. The van der Waals surface area contributed by atoms with Crippen LogP contribution in [0.5, 0.6) is 0 Å². The molecule has 0 amide bonds. The molecule has 1 saturated heterocycles. The normalized spacial score (nSPS) is 32.4. The highest BCUT2D eigenvalue weighted by Crippen LogP contribution is 2.46. The van der Waals surface area contributed by atoms with Crippen molar-refractivity contribution in [3.63, 3.8) is 0 Å². The second-order valence-electron chi connectivity index (χ2n) is 4.20. The van der Waals surface area contributed by atoms with E-state index in [4.69, 9.17) is 0 Å². The molecule has 1 aliphatic carbocycles. The minimum atomic E-state index is 0. The molecule has 1 spiro atoms. The zero-order chi connectivity index (χ0) is 7.90. The Bertz CT molecular complexity index is 185. The van der Waals surface area contributed by atoms with E-state index in [2.05, 4.69) is 12.2 Å². The van der Waals surface area contributed by atoms with Crippen molar-refractivity contribution in [1.82, 2.24) is 5.32 Å². The third-order valence-electron chi connectivity index (χ3n) is 3.03. The third kappa shape index (κ3) is 1.64. The molecule has 1 atom stereocenters. The number of carbonyl (C=O) groups excluding carboxylic acids is 1. The van der Waals surface area contributed by atoms with Crippen molar-refractivity contribution in [2.45, 2.75) is 38.6 Å². The molecule has 0 radical (unpaired) electrons. The molecule has 2 fully saturated rings. The zero-order valence-corrected chi connectivity index (χ0v) is 8.25. The van der Waals surface area contributed by atoms with E-state index < -0.39 is 0 Å². The van der Waals surface area contributed by atoms with Gasteiger partial charge in [0.1, 0.15) is 5.78 Å². The number of Topliss-reactive ketones (excluding diaryl/α,β-unsaturated/α-hetero) is 1. The number of ketones is 1. The summed E-state index contributed by atoms with van der Waals surface area (Å²) in [6.07, 6.45) is 4.14. The quantitative estimate of drug-likeness (QED) is 0.626. The van der Waals surface area contributed by atoms with E-state index >= 15 is 0 Å². The van der Waals surface area contributed by atoms with Crippen LogP contribution in [0.3, 0.4) is 0 Å². The fraction of sp³-hybridized carbons (Fsp3) is 0.889. The van der Waals surface area contributed by atoms with Crippen molar-refractivity contribution in [2.24, 2.45) is 5.41 Å². The molecule has 1 aliphatic heterocycles. The van der Waals surface area contributed by atoms with Crippen molar-refractivity contribution in [2.75, 3.05) is 6.54 Å². The van der Waals surface area contributed by atoms with E-state index in [1.807, 2.05) is 0 Å². The van der Waals surface area contributed by atoms with Crippen LogP contribution in [0.2, 0.25) is 0 Å². The number of rotatable bonds is 0. The Morgan fingerprint density at radius 3 is 2.67 bits per heavy atom. The van der Waals surface area contributed by atoms with Crippen LogP contribution in [0, 0.1) is 5.41 Å². The van der Waals surface area contributed by atoms with Crippen LogP contribution in [0.25, 0.3) is 0 Å². The number of hydrogen-bond donors (Lipinski definition) is 1. The molecule has 12 heavy (non-hydrogen) atoms. The summed E-state index contributed by atoms with van der Waals surface area (Å²) in [5.41, 5.74) is 0.432. The Hall–Kier alpha value is -0.0800. The van der Waals surface area contributed by atoms with E-state index in [1.165, 1.54) is 12.8 Å². The first kappa shape index (κ1) is 10.0. The van der Waals surface area contributed by atoms with Gasteiger partial charge in [0, 0.05) is 18.9 Å². The van der Waals surface area contributed by atoms with E-state index in [-0.39, 0.29) is 12.4 Å². The predicted molar refractivity (Wildman–Crippen MR) is 50.6 cm³/mol. The molecule has 0 bridgehead atoms. The lowest BCUT2D eigenvalue weighted by Crippen LogP contribution is -2.49. The van der Waals surface area contributed by atoms with Gasteiger partial charge in [-0.25, -0.2) is 0 Å². The second-order valence-corrected chi connectivity index (χ2v) is 4.20. The summed E-state index contributed by atoms with van der Waals surface area (Å²) >= 11 is 0. The Kier molecular flexibility index (Phi) is 2.79. The largest absolute Gasteiger partial charge is 0.314 e. The number of halogens is 1. The molecule has 1 saturated carbocycles. The number of nitrogens with one attached hydrogen (secondary N) is 1. The summed E-state index contributed by atoms with van der Waals surface area (Å²) in [6.45, 7) is 3.32. The lowest BCUT2D eigenvalue weighted by Gasteiger charge is -2.46. The lowest BCUT2D eigenvalue weighted by molar-refractivity contribution is -0.134. The minimum absolute atomic E-state index is 0. The van der Waals surface area contributed by atoms with Crippen molar-refractivity contribution in [3.8, 4) is 0 Å². The Labute approximate surface area is 79.5 Å². The SMILES string of the molecule is CC1CC2(CCN1)CC(=O)C2.Cl. The van der Waals surface area contributed by atoms with Crippen LogP contribution >= 0.6 is 12.4 Å². The summed E-state index contributed by atoms with van der Waals surface area (Å²) in [7, 11) is 0. The summed E-state index contributed by atoms with van der Waals surface area (Å²) in [5.74, 6) is 0.471. The van der Waals surface area contributed by atoms with Crippen LogP contribution in [-0.2, 0) is 4.79 Å². The monoisotopic (exact) mass is 189 g/mol. The first-order valence-corrected chi connectivity index (χ1v) is 4.45. The fourth-order valence-electron chi connectivity index (χ4n) is 2.51. The summed E-state index contributed by atoms with van der Waals surface area (Å²) in [5, 5.41) is 3.41. The maximum absolute atomic E-state index is 10.9. The smallest absolute Gasteiger partial charge is 0.134 e. The van der Waals surface area contributed by atoms with Gasteiger partial charge in [0.15, 0.2) is 0 Å². The molecule has 0 aromatic rings. The topological polar surface area (TPSA) is 29.1 Å². The van der Waals surface area contributed by atoms with Crippen molar-refractivity contribution in [3.05, 3.63) is 0 Å². The van der Waals surface area contributed by atoms with Crippen LogP contribution in [0.1, 0.15) is 32.6 Å². The van der Waals surface area contributed by atoms with Crippen LogP contribution in [0.15, 0.2) is 0 Å². The van der Waals surface area contributed by atoms with Crippen LogP contribution < -0.4 is 5.32 Å². The molecule has 1 heterocycles. The average Bonchev–Trinajstić information content (AvgIpc) is 1.84. The predicted octanol–water partition coefficient (Wildman–Crippen LogP) is 1.53.